The molecule has 1 fully saturated rings. The quantitative estimate of drug-likeness (QED) is 0.653. The van der Waals surface area contributed by atoms with E-state index in [1.54, 1.807) is 19.1 Å². The van der Waals surface area contributed by atoms with Crippen LogP contribution < -0.4 is 10.6 Å². The molecule has 0 aromatic heterocycles. The highest BCUT2D eigenvalue weighted by Crippen LogP contribution is 2.30. The summed E-state index contributed by atoms with van der Waals surface area (Å²) < 4.78 is 26.2. The minimum Gasteiger partial charge on any atom is -0.348 e. The molecule has 2 aromatic rings. The average molecular weight is 441 g/mol. The fraction of sp³-hybridized carbons (Fsp3) is 0.318. The van der Waals surface area contributed by atoms with Gasteiger partial charge in [-0.3, -0.25) is 9.59 Å². The standard InChI is InChI=1S/C22H24N4O4S/c1-15(17-7-9-19(10-8-17)25-22(28)18-5-6-18)24-21(27)14-26(2)31(29,30)20-11-3-16(13-23)4-12-20/h3-4,7-12,15,18H,5-6,14H2,1-2H3,(H,24,27)(H,25,28)/t15-/m1/s1. The molecule has 1 saturated carbocycles. The third kappa shape index (κ3) is 5.69. The van der Waals surface area contributed by atoms with Crippen LogP contribution in [0.25, 0.3) is 0 Å². The number of likely N-dealkylation sites (N-methyl/N-ethyl adjacent to an activating group) is 1. The van der Waals surface area contributed by atoms with Crippen LogP contribution in [-0.2, 0) is 19.6 Å². The van der Waals surface area contributed by atoms with E-state index in [0.29, 0.717) is 11.3 Å². The predicted molar refractivity (Wildman–Crippen MR) is 115 cm³/mol. The maximum absolute atomic E-state index is 12.6. The highest BCUT2D eigenvalue weighted by Gasteiger charge is 2.29. The van der Waals surface area contributed by atoms with Crippen molar-refractivity contribution >= 4 is 27.5 Å². The van der Waals surface area contributed by atoms with Gasteiger partial charge >= 0.3 is 0 Å². The van der Waals surface area contributed by atoms with Gasteiger partial charge < -0.3 is 10.6 Å². The molecule has 8 nitrogen and oxygen atoms in total. The lowest BCUT2D eigenvalue weighted by atomic mass is 10.1. The molecule has 0 aliphatic heterocycles. The number of nitrogens with one attached hydrogen (secondary N) is 2. The summed E-state index contributed by atoms with van der Waals surface area (Å²) in [7, 11) is -2.53. The number of carbonyl (C=O) groups excluding carboxylic acids is 2. The zero-order valence-corrected chi connectivity index (χ0v) is 18.1. The Morgan fingerprint density at radius 3 is 2.29 bits per heavy atom. The van der Waals surface area contributed by atoms with Crippen LogP contribution in [-0.4, -0.2) is 38.1 Å². The van der Waals surface area contributed by atoms with Crippen LogP contribution in [0.3, 0.4) is 0 Å². The number of hydrogen-bond donors (Lipinski definition) is 2. The van der Waals surface area contributed by atoms with Crippen LogP contribution >= 0.6 is 0 Å². The molecular formula is C22H24N4O4S. The van der Waals surface area contributed by atoms with Crippen molar-refractivity contribution < 1.29 is 18.0 Å². The van der Waals surface area contributed by atoms with Crippen LogP contribution in [0, 0.1) is 17.2 Å². The van der Waals surface area contributed by atoms with Crippen molar-refractivity contribution in [1.82, 2.24) is 9.62 Å². The molecule has 31 heavy (non-hydrogen) atoms. The normalized spacial score (nSPS) is 14.5. The zero-order chi connectivity index (χ0) is 22.6. The van der Waals surface area contributed by atoms with Crippen molar-refractivity contribution in [2.75, 3.05) is 18.9 Å². The van der Waals surface area contributed by atoms with Crippen molar-refractivity contribution in [2.24, 2.45) is 5.92 Å². The molecule has 0 spiro atoms. The Bertz CT molecular complexity index is 1100. The Hall–Kier alpha value is -3.22. The van der Waals surface area contributed by atoms with Crippen molar-refractivity contribution in [1.29, 1.82) is 5.26 Å². The number of nitriles is 1. The topological polar surface area (TPSA) is 119 Å². The first-order valence-electron chi connectivity index (χ1n) is 9.87. The van der Waals surface area contributed by atoms with Gasteiger partial charge in [-0.15, -0.1) is 0 Å². The summed E-state index contributed by atoms with van der Waals surface area (Å²) in [5, 5.41) is 14.5. The molecule has 0 radical (unpaired) electrons. The van der Waals surface area contributed by atoms with Crippen molar-refractivity contribution in [2.45, 2.75) is 30.7 Å². The maximum Gasteiger partial charge on any atom is 0.243 e. The Morgan fingerprint density at radius 1 is 1.13 bits per heavy atom. The van der Waals surface area contributed by atoms with E-state index in [1.165, 1.54) is 31.3 Å². The first-order valence-corrected chi connectivity index (χ1v) is 11.3. The third-order valence-corrected chi connectivity index (χ3v) is 6.88. The molecule has 162 valence electrons. The number of anilines is 1. The van der Waals surface area contributed by atoms with Crippen LogP contribution in [0.2, 0.25) is 0 Å². The van der Waals surface area contributed by atoms with Gasteiger partial charge in [0.1, 0.15) is 0 Å². The molecule has 2 amide bonds. The van der Waals surface area contributed by atoms with Gasteiger partial charge in [0.05, 0.1) is 29.1 Å². The van der Waals surface area contributed by atoms with E-state index in [2.05, 4.69) is 10.6 Å². The smallest absolute Gasteiger partial charge is 0.243 e. The number of benzene rings is 2. The first kappa shape index (κ1) is 22.5. The molecule has 0 bridgehead atoms. The molecule has 1 atom stereocenters. The second-order valence-corrected chi connectivity index (χ2v) is 9.62. The predicted octanol–water partition coefficient (Wildman–Crippen LogP) is 2.40. The highest BCUT2D eigenvalue weighted by atomic mass is 32.2. The van der Waals surface area contributed by atoms with E-state index < -0.39 is 15.9 Å². The monoisotopic (exact) mass is 440 g/mol. The van der Waals surface area contributed by atoms with Gasteiger partial charge in [-0.1, -0.05) is 12.1 Å². The van der Waals surface area contributed by atoms with Crippen molar-refractivity contribution in [3.05, 3.63) is 59.7 Å². The van der Waals surface area contributed by atoms with Gasteiger partial charge in [-0.25, -0.2) is 8.42 Å². The van der Waals surface area contributed by atoms with Crippen LogP contribution in [0.1, 0.15) is 36.9 Å². The molecule has 0 unspecified atom stereocenters. The van der Waals surface area contributed by atoms with Crippen LogP contribution in [0.5, 0.6) is 0 Å². The lowest BCUT2D eigenvalue weighted by Gasteiger charge is -2.19. The lowest BCUT2D eigenvalue weighted by Crippen LogP contribution is -2.39. The highest BCUT2D eigenvalue weighted by molar-refractivity contribution is 7.89. The molecule has 0 saturated heterocycles. The Balaban J connectivity index is 1.56. The van der Waals surface area contributed by atoms with E-state index in [-0.39, 0.29) is 29.3 Å². The van der Waals surface area contributed by atoms with E-state index in [0.717, 1.165) is 22.7 Å². The summed E-state index contributed by atoms with van der Waals surface area (Å²) in [6.45, 7) is 1.45. The Labute approximate surface area is 181 Å². The Morgan fingerprint density at radius 2 is 1.74 bits per heavy atom. The van der Waals surface area contributed by atoms with Crippen LogP contribution in [0.4, 0.5) is 5.69 Å². The number of carbonyl (C=O) groups is 2. The summed E-state index contributed by atoms with van der Waals surface area (Å²) in [6.07, 6.45) is 1.87. The molecular weight excluding hydrogens is 416 g/mol. The largest absolute Gasteiger partial charge is 0.348 e. The molecule has 2 N–H and O–H groups in total. The fourth-order valence-corrected chi connectivity index (χ4v) is 4.11. The number of sulfonamides is 1. The molecule has 1 aliphatic rings. The van der Waals surface area contributed by atoms with E-state index in [9.17, 15) is 18.0 Å². The van der Waals surface area contributed by atoms with E-state index in [1.807, 2.05) is 18.2 Å². The zero-order valence-electron chi connectivity index (χ0n) is 17.3. The maximum atomic E-state index is 12.6. The fourth-order valence-electron chi connectivity index (χ4n) is 2.98. The van der Waals surface area contributed by atoms with Gasteiger partial charge in [0.25, 0.3) is 0 Å². The van der Waals surface area contributed by atoms with Crippen molar-refractivity contribution in [3.8, 4) is 6.07 Å². The summed E-state index contributed by atoms with van der Waals surface area (Å²) >= 11 is 0. The van der Waals surface area contributed by atoms with E-state index >= 15 is 0 Å². The third-order valence-electron chi connectivity index (χ3n) is 5.06. The number of hydrogen-bond acceptors (Lipinski definition) is 5. The van der Waals surface area contributed by atoms with Gasteiger partial charge in [0.2, 0.25) is 21.8 Å². The van der Waals surface area contributed by atoms with Gasteiger partial charge in [-0.2, -0.15) is 9.57 Å². The SMILES string of the molecule is C[C@@H](NC(=O)CN(C)S(=O)(=O)c1ccc(C#N)cc1)c1ccc(NC(=O)C2CC2)cc1. The molecule has 0 heterocycles. The minimum atomic E-state index is -3.86. The first-order chi connectivity index (χ1) is 14.7. The second kappa shape index (κ2) is 9.29. The summed E-state index contributed by atoms with van der Waals surface area (Å²) in [4.78, 5) is 24.2. The van der Waals surface area contributed by atoms with Crippen molar-refractivity contribution in [3.63, 3.8) is 0 Å². The molecule has 1 aliphatic carbocycles. The number of amides is 2. The van der Waals surface area contributed by atoms with Gasteiger partial charge in [0, 0.05) is 18.7 Å². The lowest BCUT2D eigenvalue weighted by molar-refractivity contribution is -0.121. The van der Waals surface area contributed by atoms with Gasteiger partial charge in [0.15, 0.2) is 0 Å². The second-order valence-electron chi connectivity index (χ2n) is 7.57. The molecule has 2 aromatic carbocycles. The van der Waals surface area contributed by atoms with Gasteiger partial charge in [-0.05, 0) is 61.7 Å². The summed E-state index contributed by atoms with van der Waals surface area (Å²) in [5.74, 6) is -0.297. The number of nitrogens with zero attached hydrogens (tertiary/aromatic N) is 2. The summed E-state index contributed by atoms with van der Waals surface area (Å²) in [6, 6.07) is 14.3. The number of rotatable bonds is 8. The average Bonchev–Trinajstić information content (AvgIpc) is 3.59. The Kier molecular flexibility index (Phi) is 6.73. The minimum absolute atomic E-state index is 0.0127. The summed E-state index contributed by atoms with van der Waals surface area (Å²) in [5.41, 5.74) is 1.88. The molecule has 9 heteroatoms. The molecule has 3 rings (SSSR count). The van der Waals surface area contributed by atoms with E-state index in [4.69, 9.17) is 5.26 Å². The van der Waals surface area contributed by atoms with Crippen LogP contribution in [0.15, 0.2) is 53.4 Å².